The molecule has 2 heteroatoms. The third-order valence-corrected chi connectivity index (χ3v) is 3.02. The summed E-state index contributed by atoms with van der Waals surface area (Å²) in [6.07, 6.45) is -0.0131. The molecule has 0 amide bonds. The molecule has 2 nitrogen and oxygen atoms in total. The van der Waals surface area contributed by atoms with Gasteiger partial charge in [-0.25, -0.2) is 0 Å². The van der Waals surface area contributed by atoms with Gasteiger partial charge in [-0.1, -0.05) is 13.8 Å². The third-order valence-electron chi connectivity index (χ3n) is 3.02. The van der Waals surface area contributed by atoms with Crippen LogP contribution in [-0.2, 0) is 4.74 Å². The highest BCUT2D eigenvalue weighted by Crippen LogP contribution is 2.29. The van der Waals surface area contributed by atoms with Gasteiger partial charge in [-0.2, -0.15) is 0 Å². The summed E-state index contributed by atoms with van der Waals surface area (Å²) in [5.41, 5.74) is 0. The fourth-order valence-corrected chi connectivity index (χ4v) is 1.71. The van der Waals surface area contributed by atoms with Crippen LogP contribution >= 0.6 is 0 Å². The maximum Gasteiger partial charge on any atom is 0.0828 e. The highest BCUT2D eigenvalue weighted by Gasteiger charge is 2.35. The van der Waals surface area contributed by atoms with Crippen molar-refractivity contribution in [2.24, 2.45) is 11.8 Å². The highest BCUT2D eigenvalue weighted by molar-refractivity contribution is 4.83. The zero-order valence-corrected chi connectivity index (χ0v) is 7.74. The van der Waals surface area contributed by atoms with E-state index in [0.29, 0.717) is 11.8 Å². The first kappa shape index (κ1) is 9.01. The second kappa shape index (κ2) is 3.11. The van der Waals surface area contributed by atoms with E-state index in [2.05, 4.69) is 20.8 Å². The van der Waals surface area contributed by atoms with Gasteiger partial charge in [0.1, 0.15) is 0 Å². The average molecular weight is 158 g/mol. The van der Waals surface area contributed by atoms with Crippen LogP contribution in [-0.4, -0.2) is 23.4 Å². The second-order valence-corrected chi connectivity index (χ2v) is 3.76. The fraction of sp³-hybridized carbons (Fsp3) is 1.00. The molecule has 1 rings (SSSR count). The molecule has 1 fully saturated rings. The van der Waals surface area contributed by atoms with Gasteiger partial charge in [-0.05, 0) is 25.7 Å². The summed E-state index contributed by atoms with van der Waals surface area (Å²) in [4.78, 5) is 0. The number of ether oxygens (including phenoxy) is 1. The van der Waals surface area contributed by atoms with E-state index >= 15 is 0 Å². The Morgan fingerprint density at radius 2 is 1.45 bits per heavy atom. The molecular formula is C9H18O2. The number of aliphatic hydroxyl groups is 1. The second-order valence-electron chi connectivity index (χ2n) is 3.76. The molecule has 0 aromatic rings. The van der Waals surface area contributed by atoms with Gasteiger partial charge in [-0.15, -0.1) is 0 Å². The molecule has 1 saturated heterocycles. The molecule has 0 aromatic carbocycles. The van der Waals surface area contributed by atoms with Gasteiger partial charge in [0.25, 0.3) is 0 Å². The molecule has 1 N–H and O–H groups in total. The normalized spacial score (nSPS) is 52.6. The van der Waals surface area contributed by atoms with Crippen molar-refractivity contribution in [2.45, 2.75) is 46.0 Å². The molecule has 0 radical (unpaired) electrons. The summed E-state index contributed by atoms with van der Waals surface area (Å²) >= 11 is 0. The molecule has 11 heavy (non-hydrogen) atoms. The summed E-state index contributed by atoms with van der Waals surface area (Å²) in [6, 6.07) is 0. The predicted octanol–water partition coefficient (Wildman–Crippen LogP) is 1.43. The Bertz CT molecular complexity index is 122. The maximum absolute atomic E-state index is 9.61. The summed E-state index contributed by atoms with van der Waals surface area (Å²) in [6.45, 7) is 8.22. The van der Waals surface area contributed by atoms with E-state index in [-0.39, 0.29) is 18.3 Å². The minimum atomic E-state index is -0.291. The third kappa shape index (κ3) is 1.57. The summed E-state index contributed by atoms with van der Waals surface area (Å²) in [7, 11) is 0. The Kier molecular flexibility index (Phi) is 2.55. The van der Waals surface area contributed by atoms with Crippen LogP contribution in [0, 0.1) is 11.8 Å². The Labute approximate surface area is 68.6 Å². The lowest BCUT2D eigenvalue weighted by Crippen LogP contribution is -2.46. The first-order valence-corrected chi connectivity index (χ1v) is 4.37. The SMILES string of the molecule is CC1O[C@@H](C)C(O)[C@@H](C)[C@H]1C. The maximum atomic E-state index is 9.61. The molecule has 0 aromatic heterocycles. The number of hydrogen-bond donors (Lipinski definition) is 1. The van der Waals surface area contributed by atoms with Crippen LogP contribution < -0.4 is 0 Å². The van der Waals surface area contributed by atoms with E-state index < -0.39 is 0 Å². The lowest BCUT2D eigenvalue weighted by Gasteiger charge is -2.40. The average Bonchev–Trinajstić information content (AvgIpc) is 1.97. The molecular weight excluding hydrogens is 140 g/mol. The Balaban J connectivity index is 2.63. The van der Waals surface area contributed by atoms with E-state index in [1.54, 1.807) is 0 Å². The van der Waals surface area contributed by atoms with Gasteiger partial charge in [0.15, 0.2) is 0 Å². The summed E-state index contributed by atoms with van der Waals surface area (Å²) in [5.74, 6) is 0.815. The van der Waals surface area contributed by atoms with Crippen molar-refractivity contribution in [3.05, 3.63) is 0 Å². The van der Waals surface area contributed by atoms with Gasteiger partial charge in [0, 0.05) is 0 Å². The Hall–Kier alpha value is -0.0800. The Morgan fingerprint density at radius 1 is 0.909 bits per heavy atom. The van der Waals surface area contributed by atoms with Crippen molar-refractivity contribution < 1.29 is 9.84 Å². The first-order valence-electron chi connectivity index (χ1n) is 4.37. The molecule has 1 aliphatic heterocycles. The Morgan fingerprint density at radius 3 is 2.00 bits per heavy atom. The first-order chi connectivity index (χ1) is 5.04. The smallest absolute Gasteiger partial charge is 0.0828 e. The van der Waals surface area contributed by atoms with Crippen molar-refractivity contribution in [3.8, 4) is 0 Å². The van der Waals surface area contributed by atoms with E-state index in [1.807, 2.05) is 6.92 Å². The van der Waals surface area contributed by atoms with E-state index in [1.165, 1.54) is 0 Å². The van der Waals surface area contributed by atoms with Crippen molar-refractivity contribution in [2.75, 3.05) is 0 Å². The molecule has 0 bridgehead atoms. The number of aliphatic hydroxyl groups excluding tert-OH is 1. The predicted molar refractivity (Wildman–Crippen MR) is 44.3 cm³/mol. The van der Waals surface area contributed by atoms with Crippen LogP contribution in [0.15, 0.2) is 0 Å². The molecule has 66 valence electrons. The topological polar surface area (TPSA) is 29.5 Å². The van der Waals surface area contributed by atoms with Crippen LogP contribution in [0.2, 0.25) is 0 Å². The van der Waals surface area contributed by atoms with Gasteiger partial charge < -0.3 is 9.84 Å². The zero-order valence-electron chi connectivity index (χ0n) is 7.74. The molecule has 0 spiro atoms. The van der Waals surface area contributed by atoms with Gasteiger partial charge >= 0.3 is 0 Å². The van der Waals surface area contributed by atoms with Crippen molar-refractivity contribution in [1.82, 2.24) is 0 Å². The standard InChI is InChI=1S/C9H18O2/c1-5-6(2)9(10)8(4)11-7(5)3/h5-10H,1-4H3/t5-,6+,7?,8+,9?/m1/s1. The molecule has 1 heterocycles. The summed E-state index contributed by atoms with van der Waals surface area (Å²) < 4.78 is 5.53. The summed E-state index contributed by atoms with van der Waals surface area (Å²) in [5, 5.41) is 9.61. The van der Waals surface area contributed by atoms with Gasteiger partial charge in [0.05, 0.1) is 18.3 Å². The molecule has 0 saturated carbocycles. The van der Waals surface area contributed by atoms with Gasteiger partial charge in [0.2, 0.25) is 0 Å². The van der Waals surface area contributed by atoms with Crippen LogP contribution in [0.3, 0.4) is 0 Å². The minimum Gasteiger partial charge on any atom is -0.390 e. The molecule has 2 unspecified atom stereocenters. The number of hydrogen-bond acceptors (Lipinski definition) is 2. The van der Waals surface area contributed by atoms with E-state index in [0.717, 1.165) is 0 Å². The van der Waals surface area contributed by atoms with Crippen LogP contribution in [0.25, 0.3) is 0 Å². The lowest BCUT2D eigenvalue weighted by molar-refractivity contribution is -0.154. The largest absolute Gasteiger partial charge is 0.390 e. The monoisotopic (exact) mass is 158 g/mol. The van der Waals surface area contributed by atoms with Crippen molar-refractivity contribution in [3.63, 3.8) is 0 Å². The van der Waals surface area contributed by atoms with E-state index in [4.69, 9.17) is 4.74 Å². The minimum absolute atomic E-state index is 0.00352. The van der Waals surface area contributed by atoms with Gasteiger partial charge in [-0.3, -0.25) is 0 Å². The van der Waals surface area contributed by atoms with Crippen LogP contribution in [0.4, 0.5) is 0 Å². The number of rotatable bonds is 0. The quantitative estimate of drug-likeness (QED) is 0.578. The van der Waals surface area contributed by atoms with Crippen LogP contribution in [0.5, 0.6) is 0 Å². The van der Waals surface area contributed by atoms with Crippen molar-refractivity contribution in [1.29, 1.82) is 0 Å². The molecule has 1 aliphatic rings. The molecule has 0 aliphatic carbocycles. The lowest BCUT2D eigenvalue weighted by atomic mass is 9.82. The highest BCUT2D eigenvalue weighted by atomic mass is 16.5. The zero-order chi connectivity index (χ0) is 8.59. The van der Waals surface area contributed by atoms with E-state index in [9.17, 15) is 5.11 Å². The molecule has 5 atom stereocenters. The van der Waals surface area contributed by atoms with Crippen LogP contribution in [0.1, 0.15) is 27.7 Å². The van der Waals surface area contributed by atoms with Crippen molar-refractivity contribution >= 4 is 0 Å². The fourth-order valence-electron chi connectivity index (χ4n) is 1.71.